The van der Waals surface area contributed by atoms with Crippen molar-refractivity contribution in [3.63, 3.8) is 0 Å². The Hall–Kier alpha value is -4.67. The lowest BCUT2D eigenvalue weighted by Gasteiger charge is -2.39. The van der Waals surface area contributed by atoms with Gasteiger partial charge in [0.1, 0.15) is 17.5 Å². The molecule has 3 heterocycles. The van der Waals surface area contributed by atoms with Gasteiger partial charge >= 0.3 is 0 Å². The van der Waals surface area contributed by atoms with Crippen LogP contribution in [0.3, 0.4) is 0 Å². The average molecular weight is 580 g/mol. The number of pyridine rings is 1. The minimum atomic E-state index is -2.78. The normalized spacial score (nSPS) is 15.0. The number of likely N-dealkylation sites (N-methyl/N-ethyl adjacent to an activating group) is 1. The molecule has 11 heteroatoms. The van der Waals surface area contributed by atoms with Crippen LogP contribution < -0.4 is 10.6 Å². The Bertz CT molecular complexity index is 1630. The largest absolute Gasteiger partial charge is 0.356 e. The van der Waals surface area contributed by atoms with Crippen molar-refractivity contribution in [3.8, 4) is 11.3 Å². The molecule has 2 aromatic heterocycles. The monoisotopic (exact) mass is 579 g/mol. The minimum Gasteiger partial charge on any atom is -0.356 e. The number of anilines is 3. The van der Waals surface area contributed by atoms with E-state index in [-0.39, 0.29) is 23.0 Å². The fraction of sp³-hybridized carbons (Fsp3) is 0.258. The number of benzene rings is 2. The molecule has 5 rings (SSSR count). The zero-order valence-electron chi connectivity index (χ0n) is 23.1. The van der Waals surface area contributed by atoms with Crippen molar-refractivity contribution in [1.29, 1.82) is 0 Å². The second-order valence-corrected chi connectivity index (χ2v) is 10.8. The maximum atomic E-state index is 14.7. The molecule has 1 atom stereocenters. The van der Waals surface area contributed by atoms with Crippen LogP contribution in [0.25, 0.3) is 11.3 Å². The maximum absolute atomic E-state index is 14.7. The summed E-state index contributed by atoms with van der Waals surface area (Å²) in [4.78, 5) is 35.8. The van der Waals surface area contributed by atoms with E-state index in [1.54, 1.807) is 36.2 Å². The van der Waals surface area contributed by atoms with E-state index in [2.05, 4.69) is 20.6 Å². The molecule has 42 heavy (non-hydrogen) atoms. The first-order valence-corrected chi connectivity index (χ1v) is 13.3. The molecule has 2 aromatic carbocycles. The lowest BCUT2D eigenvalue weighted by Crippen LogP contribution is -2.50. The molecule has 0 bridgehead atoms. The highest BCUT2D eigenvalue weighted by molar-refractivity contribution is 6.06. The van der Waals surface area contributed by atoms with E-state index in [1.807, 2.05) is 13.8 Å². The van der Waals surface area contributed by atoms with Gasteiger partial charge in [-0.3, -0.25) is 9.59 Å². The van der Waals surface area contributed by atoms with Crippen molar-refractivity contribution in [2.24, 2.45) is 0 Å². The number of nitrogens with zero attached hydrogens (tertiary/aromatic N) is 2. The number of aromatic amines is 1. The lowest BCUT2D eigenvalue weighted by molar-refractivity contribution is -0.118. The number of aromatic nitrogens is 2. The topological polar surface area (TPSA) is 90.1 Å². The fourth-order valence-corrected chi connectivity index (χ4v) is 5.09. The predicted molar refractivity (Wildman–Crippen MR) is 152 cm³/mol. The quantitative estimate of drug-likeness (QED) is 0.199. The summed E-state index contributed by atoms with van der Waals surface area (Å²) in [6.07, 6.45) is -1.61. The number of carbonyl (C=O) groups excluding carboxylic acids is 2. The molecule has 218 valence electrons. The van der Waals surface area contributed by atoms with E-state index in [1.165, 1.54) is 30.5 Å². The SMILES string of the molecule is CN1C(=O)c2c([nH]c(-c3ccnc(NC(=O)[C@H](CC(F)F)c4ccc(F)cc4)c3)c2Nc2ccccc2F)CC1(C)C. The number of hydrogen-bond acceptors (Lipinski definition) is 4. The van der Waals surface area contributed by atoms with E-state index < -0.39 is 41.8 Å². The van der Waals surface area contributed by atoms with Crippen molar-refractivity contribution in [2.45, 2.75) is 44.6 Å². The average Bonchev–Trinajstić information content (AvgIpc) is 3.29. The summed E-state index contributed by atoms with van der Waals surface area (Å²) in [5.41, 5.74) is 2.27. The van der Waals surface area contributed by atoms with Crippen LogP contribution in [-0.4, -0.2) is 45.7 Å². The molecule has 0 saturated heterocycles. The van der Waals surface area contributed by atoms with Crippen LogP contribution in [0.15, 0.2) is 66.9 Å². The van der Waals surface area contributed by atoms with Crippen molar-refractivity contribution >= 4 is 29.0 Å². The van der Waals surface area contributed by atoms with Crippen LogP contribution in [0.1, 0.15) is 47.8 Å². The first kappa shape index (κ1) is 28.8. The van der Waals surface area contributed by atoms with Crippen molar-refractivity contribution in [3.05, 3.63) is 95.3 Å². The van der Waals surface area contributed by atoms with Gasteiger partial charge < -0.3 is 20.5 Å². The zero-order chi connectivity index (χ0) is 30.2. The van der Waals surface area contributed by atoms with E-state index >= 15 is 0 Å². The summed E-state index contributed by atoms with van der Waals surface area (Å²) < 4.78 is 54.8. The van der Waals surface area contributed by atoms with Gasteiger partial charge in [-0.05, 0) is 55.8 Å². The predicted octanol–water partition coefficient (Wildman–Crippen LogP) is 6.88. The zero-order valence-corrected chi connectivity index (χ0v) is 23.1. The molecule has 2 amide bonds. The van der Waals surface area contributed by atoms with Crippen molar-refractivity contribution < 1.29 is 27.2 Å². The summed E-state index contributed by atoms with van der Waals surface area (Å²) in [5, 5.41) is 5.67. The molecule has 0 aliphatic carbocycles. The van der Waals surface area contributed by atoms with Crippen LogP contribution in [0, 0.1) is 11.6 Å². The number of nitrogens with one attached hydrogen (secondary N) is 3. The summed E-state index contributed by atoms with van der Waals surface area (Å²) in [6, 6.07) is 14.1. The van der Waals surface area contributed by atoms with Crippen LogP contribution in [-0.2, 0) is 11.2 Å². The Kier molecular flexibility index (Phi) is 7.77. The van der Waals surface area contributed by atoms with Crippen molar-refractivity contribution in [1.82, 2.24) is 14.9 Å². The molecule has 4 aromatic rings. The second kappa shape index (κ2) is 11.3. The number of para-hydroxylation sites is 1. The van der Waals surface area contributed by atoms with Gasteiger partial charge in [-0.1, -0.05) is 24.3 Å². The van der Waals surface area contributed by atoms with Crippen molar-refractivity contribution in [2.75, 3.05) is 17.7 Å². The van der Waals surface area contributed by atoms with Crippen LogP contribution in [0.4, 0.5) is 34.8 Å². The maximum Gasteiger partial charge on any atom is 0.258 e. The second-order valence-electron chi connectivity index (χ2n) is 10.8. The summed E-state index contributed by atoms with van der Waals surface area (Å²) in [5.74, 6) is -3.22. The number of fused-ring (bicyclic) bond motifs is 1. The van der Waals surface area contributed by atoms with Gasteiger partial charge in [-0.15, -0.1) is 0 Å². The molecule has 1 aliphatic heterocycles. The number of H-pyrrole nitrogens is 1. The summed E-state index contributed by atoms with van der Waals surface area (Å²) in [6.45, 7) is 3.88. The Morgan fingerprint density at radius 3 is 2.50 bits per heavy atom. The van der Waals surface area contributed by atoms with E-state index in [0.717, 1.165) is 12.1 Å². The van der Waals surface area contributed by atoms with Gasteiger partial charge in [0.2, 0.25) is 12.3 Å². The molecule has 0 radical (unpaired) electrons. The molecule has 0 saturated carbocycles. The number of rotatable bonds is 8. The third-order valence-corrected chi connectivity index (χ3v) is 7.55. The molecule has 0 spiro atoms. The third-order valence-electron chi connectivity index (χ3n) is 7.55. The van der Waals surface area contributed by atoms with Gasteiger partial charge in [0, 0.05) is 42.9 Å². The van der Waals surface area contributed by atoms with Crippen LogP contribution >= 0.6 is 0 Å². The molecule has 7 nitrogen and oxygen atoms in total. The smallest absolute Gasteiger partial charge is 0.258 e. The van der Waals surface area contributed by atoms with Gasteiger partial charge in [0.05, 0.1) is 28.6 Å². The Morgan fingerprint density at radius 2 is 1.81 bits per heavy atom. The minimum absolute atomic E-state index is 0.0760. The molecule has 0 fully saturated rings. The molecular weight excluding hydrogens is 550 g/mol. The number of alkyl halides is 2. The number of carbonyl (C=O) groups is 2. The number of halogens is 4. The highest BCUT2D eigenvalue weighted by Gasteiger charge is 2.40. The number of hydrogen-bond donors (Lipinski definition) is 3. The van der Waals surface area contributed by atoms with Gasteiger partial charge in [-0.2, -0.15) is 0 Å². The third kappa shape index (κ3) is 5.72. The molecule has 0 unspecified atom stereocenters. The van der Waals surface area contributed by atoms with Crippen LogP contribution in [0.5, 0.6) is 0 Å². The van der Waals surface area contributed by atoms with E-state index in [4.69, 9.17) is 0 Å². The Morgan fingerprint density at radius 1 is 1.10 bits per heavy atom. The molecule has 1 aliphatic rings. The lowest BCUT2D eigenvalue weighted by atomic mass is 9.89. The summed E-state index contributed by atoms with van der Waals surface area (Å²) in [7, 11) is 1.71. The fourth-order valence-electron chi connectivity index (χ4n) is 5.09. The standard InChI is InChI=1S/C31H29F4N5O2/c1-31(2)16-23-26(30(42)40(31)3)28(37-22-7-5-4-6-21(22)33)27(38-23)18-12-13-36-25(14-18)39-29(41)20(15-24(34)35)17-8-10-19(32)11-9-17/h4-14,20,24,37-38H,15-16H2,1-3H3,(H,36,39,41)/t20-/m1/s1. The van der Waals surface area contributed by atoms with Gasteiger partial charge in [0.25, 0.3) is 5.91 Å². The molecule has 3 N–H and O–H groups in total. The van der Waals surface area contributed by atoms with Gasteiger partial charge in [-0.25, -0.2) is 22.5 Å². The summed E-state index contributed by atoms with van der Waals surface area (Å²) >= 11 is 0. The highest BCUT2D eigenvalue weighted by Crippen LogP contribution is 2.41. The first-order chi connectivity index (χ1) is 19.9. The van der Waals surface area contributed by atoms with E-state index in [0.29, 0.717) is 34.6 Å². The molecular formula is C31H29F4N5O2. The Balaban J connectivity index is 1.53. The number of amides is 2. The first-order valence-electron chi connectivity index (χ1n) is 13.3. The van der Waals surface area contributed by atoms with Crippen LogP contribution in [0.2, 0.25) is 0 Å². The highest BCUT2D eigenvalue weighted by atomic mass is 19.3. The van der Waals surface area contributed by atoms with Gasteiger partial charge in [0.15, 0.2) is 0 Å². The Labute approximate surface area is 240 Å². The van der Waals surface area contributed by atoms with E-state index in [9.17, 15) is 27.2 Å².